The first-order valence-corrected chi connectivity index (χ1v) is 12.6. The molecule has 0 aromatic carbocycles. The van der Waals surface area contributed by atoms with Gasteiger partial charge in [0.25, 0.3) is 0 Å². The molecule has 0 saturated heterocycles. The molecule has 2 aliphatic rings. The highest BCUT2D eigenvalue weighted by Gasteiger charge is 2.62. The molecule has 0 aliphatic heterocycles. The average molecular weight is 403 g/mol. The summed E-state index contributed by atoms with van der Waals surface area (Å²) in [5.74, 6) is 2.59. The molecule has 6 atom stereocenters. The van der Waals surface area contributed by atoms with Gasteiger partial charge in [-0.2, -0.15) is 0 Å². The third-order valence-corrected chi connectivity index (χ3v) is 9.53. The van der Waals surface area contributed by atoms with Crippen molar-refractivity contribution >= 4 is 0 Å². The number of fused-ring (bicyclic) bond motifs is 1. The lowest BCUT2D eigenvalue weighted by Crippen LogP contribution is -2.63. The molecule has 1 heteroatoms. The van der Waals surface area contributed by atoms with E-state index in [0.717, 1.165) is 36.7 Å². The minimum absolute atomic E-state index is 0.0115. The third-order valence-electron chi connectivity index (χ3n) is 9.53. The summed E-state index contributed by atoms with van der Waals surface area (Å²) in [5.41, 5.74) is 0.787. The molecular weight excluding hydrogens is 352 g/mol. The van der Waals surface area contributed by atoms with E-state index in [1.165, 1.54) is 51.4 Å². The van der Waals surface area contributed by atoms with Crippen molar-refractivity contribution in [2.45, 2.75) is 118 Å². The Morgan fingerprint density at radius 1 is 1.17 bits per heavy atom. The van der Waals surface area contributed by atoms with E-state index in [2.05, 4.69) is 54.7 Å². The van der Waals surface area contributed by atoms with Gasteiger partial charge in [-0.15, -0.1) is 0 Å². The van der Waals surface area contributed by atoms with Crippen molar-refractivity contribution in [2.75, 3.05) is 0 Å². The Bertz CT molecular complexity index is 561. The second-order valence-corrected chi connectivity index (χ2v) is 11.6. The van der Waals surface area contributed by atoms with E-state index in [1.807, 2.05) is 6.08 Å². The molecule has 0 aromatic rings. The van der Waals surface area contributed by atoms with Crippen LogP contribution in [0.15, 0.2) is 24.8 Å². The van der Waals surface area contributed by atoms with Crippen LogP contribution in [0.4, 0.5) is 0 Å². The minimum atomic E-state index is -0.586. The van der Waals surface area contributed by atoms with Gasteiger partial charge in [0.1, 0.15) is 0 Å². The lowest BCUT2D eigenvalue weighted by atomic mass is 9.41. The maximum absolute atomic E-state index is 12.1. The number of hydrogen-bond donors (Lipinski definition) is 1. The Balaban J connectivity index is 2.18. The van der Waals surface area contributed by atoms with Crippen LogP contribution in [-0.4, -0.2) is 10.7 Å². The molecule has 1 N–H and O–H groups in total. The maximum Gasteiger partial charge on any atom is 0.0732 e. The fraction of sp³-hybridized carbons (Fsp3) is 0.857. The second-order valence-electron chi connectivity index (χ2n) is 11.6. The summed E-state index contributed by atoms with van der Waals surface area (Å²) >= 11 is 0. The number of aliphatic hydroxyl groups is 1. The van der Waals surface area contributed by atoms with Crippen molar-refractivity contribution in [3.63, 3.8) is 0 Å². The molecule has 3 unspecified atom stereocenters. The molecule has 1 nitrogen and oxygen atoms in total. The van der Waals surface area contributed by atoms with Gasteiger partial charge in [0.05, 0.1) is 5.60 Å². The molecule has 2 saturated carbocycles. The van der Waals surface area contributed by atoms with Gasteiger partial charge in [0.2, 0.25) is 0 Å². The maximum atomic E-state index is 12.1. The molecule has 2 fully saturated rings. The monoisotopic (exact) mass is 402 g/mol. The van der Waals surface area contributed by atoms with Gasteiger partial charge >= 0.3 is 0 Å². The lowest BCUT2D eigenvalue weighted by Gasteiger charge is -2.65. The molecule has 29 heavy (non-hydrogen) atoms. The summed E-state index contributed by atoms with van der Waals surface area (Å²) in [6, 6.07) is 0. The minimum Gasteiger partial charge on any atom is -0.389 e. The highest BCUT2D eigenvalue weighted by atomic mass is 16.3. The first-order valence-electron chi connectivity index (χ1n) is 12.6. The summed E-state index contributed by atoms with van der Waals surface area (Å²) < 4.78 is 0. The van der Waals surface area contributed by atoms with Crippen LogP contribution in [0, 0.1) is 34.5 Å². The first-order chi connectivity index (χ1) is 13.5. The van der Waals surface area contributed by atoms with Crippen LogP contribution in [0.5, 0.6) is 0 Å². The third kappa shape index (κ3) is 4.86. The molecule has 0 aromatic heterocycles. The van der Waals surface area contributed by atoms with E-state index in [9.17, 15) is 5.11 Å². The smallest absolute Gasteiger partial charge is 0.0732 e. The second kappa shape index (κ2) is 9.71. The standard InChI is InChI=1S/C28H50O/c1-9-11-12-13-22(4)20-24-17-18-27(8)25(26(24,6)7)15-14-23(5)28(27,29)19-16-21(3)10-2/h10,22-25,29H,2-3,9,11-20H2,1,4-8H3/t22?,23-,24?,25?,27+,28-/m1/s1. The van der Waals surface area contributed by atoms with E-state index in [-0.39, 0.29) is 5.41 Å². The van der Waals surface area contributed by atoms with Gasteiger partial charge in [-0.3, -0.25) is 0 Å². The quantitative estimate of drug-likeness (QED) is 0.287. The molecule has 168 valence electrons. The van der Waals surface area contributed by atoms with Crippen LogP contribution in [0.25, 0.3) is 0 Å². The molecule has 0 bridgehead atoms. The predicted molar refractivity (Wildman–Crippen MR) is 128 cm³/mol. The summed E-state index contributed by atoms with van der Waals surface area (Å²) in [6.07, 6.45) is 15.3. The topological polar surface area (TPSA) is 20.2 Å². The van der Waals surface area contributed by atoms with Crippen molar-refractivity contribution in [2.24, 2.45) is 34.5 Å². The van der Waals surface area contributed by atoms with Crippen molar-refractivity contribution in [3.05, 3.63) is 24.8 Å². The van der Waals surface area contributed by atoms with Crippen LogP contribution in [0.2, 0.25) is 0 Å². The van der Waals surface area contributed by atoms with Crippen molar-refractivity contribution in [1.82, 2.24) is 0 Å². The van der Waals surface area contributed by atoms with Crippen LogP contribution in [-0.2, 0) is 0 Å². The van der Waals surface area contributed by atoms with Crippen LogP contribution < -0.4 is 0 Å². The fourth-order valence-electron chi connectivity index (χ4n) is 7.31. The van der Waals surface area contributed by atoms with Gasteiger partial charge in [-0.25, -0.2) is 0 Å². The summed E-state index contributed by atoms with van der Waals surface area (Å²) in [6.45, 7) is 22.5. The molecule has 0 radical (unpaired) electrons. The van der Waals surface area contributed by atoms with Gasteiger partial charge < -0.3 is 5.11 Å². The zero-order valence-electron chi connectivity index (χ0n) is 20.5. The predicted octanol–water partition coefficient (Wildman–Crippen LogP) is 8.34. The number of allylic oxidation sites excluding steroid dienone is 2. The first kappa shape index (κ1) is 24.7. The summed E-state index contributed by atoms with van der Waals surface area (Å²) in [4.78, 5) is 0. The van der Waals surface area contributed by atoms with Gasteiger partial charge in [0, 0.05) is 0 Å². The van der Waals surface area contributed by atoms with E-state index < -0.39 is 5.60 Å². The van der Waals surface area contributed by atoms with Gasteiger partial charge in [0.15, 0.2) is 0 Å². The molecule has 2 aliphatic carbocycles. The highest BCUT2D eigenvalue weighted by molar-refractivity contribution is 5.16. The Labute approximate surface area is 182 Å². The average Bonchev–Trinajstić information content (AvgIpc) is 2.66. The molecule has 0 heterocycles. The Morgan fingerprint density at radius 2 is 1.86 bits per heavy atom. The van der Waals surface area contributed by atoms with Crippen molar-refractivity contribution in [3.8, 4) is 0 Å². The number of rotatable bonds is 10. The van der Waals surface area contributed by atoms with Gasteiger partial charge in [-0.1, -0.05) is 92.0 Å². The Hall–Kier alpha value is -0.560. The Morgan fingerprint density at radius 3 is 2.48 bits per heavy atom. The van der Waals surface area contributed by atoms with E-state index in [4.69, 9.17) is 0 Å². The zero-order valence-corrected chi connectivity index (χ0v) is 20.5. The van der Waals surface area contributed by atoms with Crippen LogP contribution in [0.3, 0.4) is 0 Å². The van der Waals surface area contributed by atoms with E-state index in [1.54, 1.807) is 0 Å². The largest absolute Gasteiger partial charge is 0.389 e. The number of unbranched alkanes of at least 4 members (excludes halogenated alkanes) is 2. The number of hydrogen-bond acceptors (Lipinski definition) is 1. The van der Waals surface area contributed by atoms with E-state index in [0.29, 0.717) is 17.3 Å². The SMILES string of the molecule is C=CC(=C)CC[C@@]1(O)[C@H](C)CCC2C(C)(C)C(CC(C)CCCCC)CC[C@@]21C. The van der Waals surface area contributed by atoms with Crippen LogP contribution in [0.1, 0.15) is 112 Å². The molecular formula is C28H50O. The summed E-state index contributed by atoms with van der Waals surface area (Å²) in [5, 5.41) is 12.1. The molecule has 0 amide bonds. The van der Waals surface area contributed by atoms with Crippen molar-refractivity contribution in [1.29, 1.82) is 0 Å². The van der Waals surface area contributed by atoms with Crippen LogP contribution >= 0.6 is 0 Å². The summed E-state index contributed by atoms with van der Waals surface area (Å²) in [7, 11) is 0. The lowest BCUT2D eigenvalue weighted by molar-refractivity contribution is -0.224. The van der Waals surface area contributed by atoms with Crippen molar-refractivity contribution < 1.29 is 5.11 Å². The Kier molecular flexibility index (Phi) is 8.28. The highest BCUT2D eigenvalue weighted by Crippen LogP contribution is 2.65. The molecule has 2 rings (SSSR count). The normalized spacial score (nSPS) is 37.6. The fourth-order valence-corrected chi connectivity index (χ4v) is 7.31. The van der Waals surface area contributed by atoms with E-state index >= 15 is 0 Å². The van der Waals surface area contributed by atoms with Gasteiger partial charge in [-0.05, 0) is 79.4 Å². The molecule has 0 spiro atoms. The zero-order chi connectivity index (χ0) is 21.9.